The van der Waals surface area contributed by atoms with E-state index in [2.05, 4.69) is 47.1 Å². The first kappa shape index (κ1) is 13.5. The number of ether oxygens (including phenoxy) is 1. The zero-order chi connectivity index (χ0) is 13.3. The number of hydrogen-bond acceptors (Lipinski definition) is 1. The van der Waals surface area contributed by atoms with Gasteiger partial charge in [-0.15, -0.1) is 0 Å². The summed E-state index contributed by atoms with van der Waals surface area (Å²) in [6.45, 7) is 2.19. The second-order valence-corrected chi connectivity index (χ2v) is 7.21. The molecule has 2 saturated carbocycles. The van der Waals surface area contributed by atoms with E-state index in [1.807, 2.05) is 0 Å². The third-order valence-electron chi connectivity index (χ3n) is 5.08. The largest absolute Gasteiger partial charge is 0.490 e. The Morgan fingerprint density at radius 3 is 2.42 bits per heavy atom. The third kappa shape index (κ3) is 2.44. The molecule has 19 heavy (non-hydrogen) atoms. The molecular weight excluding hydrogens is 300 g/mol. The Labute approximate surface area is 124 Å². The van der Waals surface area contributed by atoms with E-state index in [1.54, 1.807) is 0 Å². The predicted molar refractivity (Wildman–Crippen MR) is 83.1 cm³/mol. The highest BCUT2D eigenvalue weighted by molar-refractivity contribution is 9.09. The van der Waals surface area contributed by atoms with Crippen LogP contribution < -0.4 is 4.74 Å². The first-order chi connectivity index (χ1) is 9.24. The molecule has 2 atom stereocenters. The Bertz CT molecular complexity index is 419. The quantitative estimate of drug-likeness (QED) is 0.702. The molecule has 2 unspecified atom stereocenters. The molecular formula is C17H23BrO. The van der Waals surface area contributed by atoms with Crippen molar-refractivity contribution in [3.05, 3.63) is 29.8 Å². The minimum Gasteiger partial charge on any atom is -0.490 e. The van der Waals surface area contributed by atoms with Crippen LogP contribution >= 0.6 is 15.9 Å². The highest BCUT2D eigenvalue weighted by Gasteiger charge is 2.55. The van der Waals surface area contributed by atoms with Crippen LogP contribution in [-0.2, 0) is 6.42 Å². The zero-order valence-electron chi connectivity index (χ0n) is 11.7. The first-order valence-corrected chi connectivity index (χ1v) is 8.56. The third-order valence-corrected chi connectivity index (χ3v) is 6.37. The molecule has 0 aliphatic heterocycles. The SMILES string of the molecule is CCc1ccc(OC2CC(Br)C23CCCCC3)cc1. The van der Waals surface area contributed by atoms with Gasteiger partial charge in [-0.1, -0.05) is 54.2 Å². The molecule has 2 aliphatic carbocycles. The van der Waals surface area contributed by atoms with Crippen molar-refractivity contribution >= 4 is 15.9 Å². The van der Waals surface area contributed by atoms with Gasteiger partial charge in [-0.2, -0.15) is 0 Å². The fourth-order valence-corrected chi connectivity index (χ4v) is 4.77. The highest BCUT2D eigenvalue weighted by atomic mass is 79.9. The van der Waals surface area contributed by atoms with Crippen molar-refractivity contribution in [2.45, 2.75) is 62.8 Å². The normalized spacial score (nSPS) is 28.9. The smallest absolute Gasteiger partial charge is 0.119 e. The Balaban J connectivity index is 1.68. The maximum Gasteiger partial charge on any atom is 0.119 e. The maximum absolute atomic E-state index is 6.28. The summed E-state index contributed by atoms with van der Waals surface area (Å²) in [5.41, 5.74) is 1.80. The van der Waals surface area contributed by atoms with Gasteiger partial charge < -0.3 is 4.74 Å². The van der Waals surface area contributed by atoms with Gasteiger partial charge in [0.15, 0.2) is 0 Å². The Kier molecular flexibility index (Phi) is 3.88. The average molecular weight is 323 g/mol. The molecule has 2 heteroatoms. The lowest BCUT2D eigenvalue weighted by atomic mass is 9.58. The topological polar surface area (TPSA) is 9.23 Å². The number of benzene rings is 1. The summed E-state index contributed by atoms with van der Waals surface area (Å²) in [5.74, 6) is 1.05. The Morgan fingerprint density at radius 1 is 1.16 bits per heavy atom. The molecule has 0 heterocycles. The van der Waals surface area contributed by atoms with Crippen LogP contribution in [0, 0.1) is 5.41 Å². The molecule has 0 bridgehead atoms. The minimum absolute atomic E-state index is 0.418. The summed E-state index contributed by atoms with van der Waals surface area (Å²) in [6, 6.07) is 8.65. The van der Waals surface area contributed by atoms with Crippen LogP contribution in [0.4, 0.5) is 0 Å². The lowest BCUT2D eigenvalue weighted by Gasteiger charge is -2.55. The fourth-order valence-electron chi connectivity index (χ4n) is 3.68. The summed E-state index contributed by atoms with van der Waals surface area (Å²) < 4.78 is 6.28. The van der Waals surface area contributed by atoms with Gasteiger partial charge in [0.05, 0.1) is 0 Å². The van der Waals surface area contributed by atoms with E-state index >= 15 is 0 Å². The number of hydrogen-bond donors (Lipinski definition) is 0. The summed E-state index contributed by atoms with van der Waals surface area (Å²) in [7, 11) is 0. The van der Waals surface area contributed by atoms with Gasteiger partial charge in [0, 0.05) is 10.2 Å². The zero-order valence-corrected chi connectivity index (χ0v) is 13.3. The van der Waals surface area contributed by atoms with E-state index in [0.717, 1.165) is 18.6 Å². The molecule has 1 aromatic carbocycles. The molecule has 2 fully saturated rings. The summed E-state index contributed by atoms with van der Waals surface area (Å²) in [5, 5.41) is 0. The van der Waals surface area contributed by atoms with Crippen LogP contribution in [0.5, 0.6) is 5.75 Å². The summed E-state index contributed by atoms with van der Waals surface area (Å²) in [6.07, 6.45) is 9.49. The molecule has 1 aromatic rings. The molecule has 104 valence electrons. The number of alkyl halides is 1. The van der Waals surface area contributed by atoms with Crippen LogP contribution in [0.1, 0.15) is 51.0 Å². The molecule has 0 radical (unpaired) electrons. The van der Waals surface area contributed by atoms with E-state index in [1.165, 1.54) is 37.7 Å². The van der Waals surface area contributed by atoms with Gasteiger partial charge in [-0.05, 0) is 43.4 Å². The lowest BCUT2D eigenvalue weighted by Crippen LogP contribution is -2.57. The second kappa shape index (κ2) is 5.47. The number of aryl methyl sites for hydroxylation is 1. The molecule has 0 N–H and O–H groups in total. The summed E-state index contributed by atoms with van der Waals surface area (Å²) >= 11 is 3.88. The van der Waals surface area contributed by atoms with E-state index in [0.29, 0.717) is 16.3 Å². The van der Waals surface area contributed by atoms with Gasteiger partial charge in [0.1, 0.15) is 11.9 Å². The molecule has 0 aromatic heterocycles. The molecule has 1 nitrogen and oxygen atoms in total. The highest BCUT2D eigenvalue weighted by Crippen LogP contribution is 2.56. The van der Waals surface area contributed by atoms with Crippen molar-refractivity contribution in [2.24, 2.45) is 5.41 Å². The molecule has 0 amide bonds. The maximum atomic E-state index is 6.28. The van der Waals surface area contributed by atoms with Crippen molar-refractivity contribution in [3.8, 4) is 5.75 Å². The van der Waals surface area contributed by atoms with Gasteiger partial charge in [-0.25, -0.2) is 0 Å². The van der Waals surface area contributed by atoms with Crippen LogP contribution in [0.3, 0.4) is 0 Å². The van der Waals surface area contributed by atoms with Gasteiger partial charge in [0.25, 0.3) is 0 Å². The van der Waals surface area contributed by atoms with Crippen LogP contribution in [0.2, 0.25) is 0 Å². The minimum atomic E-state index is 0.418. The molecule has 1 spiro atoms. The van der Waals surface area contributed by atoms with Crippen molar-refractivity contribution in [1.82, 2.24) is 0 Å². The fraction of sp³-hybridized carbons (Fsp3) is 0.647. The standard InChI is InChI=1S/C17H23BrO/c1-2-13-6-8-14(9-7-13)19-16-12-15(18)17(16)10-4-3-5-11-17/h6-9,15-16H,2-5,10-12H2,1H3. The number of rotatable bonds is 3. The molecule has 2 aliphatic rings. The predicted octanol–water partition coefficient (Wildman–Crippen LogP) is 5.11. The molecule has 3 rings (SSSR count). The Morgan fingerprint density at radius 2 is 1.84 bits per heavy atom. The second-order valence-electron chi connectivity index (χ2n) is 6.10. The van der Waals surface area contributed by atoms with Gasteiger partial charge in [-0.3, -0.25) is 0 Å². The Hall–Kier alpha value is -0.500. The van der Waals surface area contributed by atoms with E-state index < -0.39 is 0 Å². The van der Waals surface area contributed by atoms with Gasteiger partial charge in [0.2, 0.25) is 0 Å². The van der Waals surface area contributed by atoms with Crippen LogP contribution in [0.25, 0.3) is 0 Å². The van der Waals surface area contributed by atoms with Crippen molar-refractivity contribution in [3.63, 3.8) is 0 Å². The van der Waals surface area contributed by atoms with Crippen LogP contribution in [-0.4, -0.2) is 10.9 Å². The van der Waals surface area contributed by atoms with E-state index in [9.17, 15) is 0 Å². The van der Waals surface area contributed by atoms with Crippen molar-refractivity contribution in [1.29, 1.82) is 0 Å². The molecule has 0 saturated heterocycles. The summed E-state index contributed by atoms with van der Waals surface area (Å²) in [4.78, 5) is 0.667. The van der Waals surface area contributed by atoms with Crippen molar-refractivity contribution in [2.75, 3.05) is 0 Å². The monoisotopic (exact) mass is 322 g/mol. The average Bonchev–Trinajstić information content (AvgIpc) is 2.48. The van der Waals surface area contributed by atoms with Crippen molar-refractivity contribution < 1.29 is 4.74 Å². The first-order valence-electron chi connectivity index (χ1n) is 7.64. The lowest BCUT2D eigenvalue weighted by molar-refractivity contribution is -0.0601. The van der Waals surface area contributed by atoms with Crippen LogP contribution in [0.15, 0.2) is 24.3 Å². The van der Waals surface area contributed by atoms with E-state index in [4.69, 9.17) is 4.74 Å². The van der Waals surface area contributed by atoms with E-state index in [-0.39, 0.29) is 0 Å². The number of halogens is 1. The van der Waals surface area contributed by atoms with Gasteiger partial charge >= 0.3 is 0 Å².